The summed E-state index contributed by atoms with van der Waals surface area (Å²) < 4.78 is 0. The van der Waals surface area contributed by atoms with E-state index < -0.39 is 0 Å². The number of carbonyl (C=O) groups excluding carboxylic acids is 1. The highest BCUT2D eigenvalue weighted by molar-refractivity contribution is 7.99. The van der Waals surface area contributed by atoms with Gasteiger partial charge in [-0.1, -0.05) is 25.1 Å². The summed E-state index contributed by atoms with van der Waals surface area (Å²) in [7, 11) is 0. The Kier molecular flexibility index (Phi) is 5.62. The molecule has 0 aliphatic carbocycles. The van der Waals surface area contributed by atoms with E-state index in [2.05, 4.69) is 17.2 Å². The first-order valence-electron chi connectivity index (χ1n) is 6.70. The first-order chi connectivity index (χ1) is 9.79. The molecule has 0 aliphatic heterocycles. The maximum atomic E-state index is 12.0. The van der Waals surface area contributed by atoms with Crippen LogP contribution in [0, 0.1) is 0 Å². The molecule has 0 fully saturated rings. The van der Waals surface area contributed by atoms with Gasteiger partial charge in [0.15, 0.2) is 0 Å². The summed E-state index contributed by atoms with van der Waals surface area (Å²) >= 11 is 1.73. The average molecular weight is 286 g/mol. The number of pyridine rings is 1. The van der Waals surface area contributed by atoms with Gasteiger partial charge in [-0.2, -0.15) is 0 Å². The minimum atomic E-state index is 0.0398. The summed E-state index contributed by atoms with van der Waals surface area (Å²) in [5, 5.41) is 2.99. The van der Waals surface area contributed by atoms with Crippen LogP contribution < -0.4 is 5.32 Å². The van der Waals surface area contributed by atoms with Crippen molar-refractivity contribution in [3.05, 3.63) is 54.4 Å². The summed E-state index contributed by atoms with van der Waals surface area (Å²) in [6.45, 7) is 2.10. The molecule has 104 valence electrons. The highest BCUT2D eigenvalue weighted by Crippen LogP contribution is 2.26. The fourth-order valence-corrected chi connectivity index (χ4v) is 2.63. The van der Waals surface area contributed by atoms with E-state index in [1.165, 1.54) is 0 Å². The number of benzene rings is 1. The molecule has 1 amide bonds. The van der Waals surface area contributed by atoms with Gasteiger partial charge in [-0.05, 0) is 35.9 Å². The van der Waals surface area contributed by atoms with Crippen molar-refractivity contribution in [2.45, 2.75) is 24.7 Å². The molecule has 1 N–H and O–H groups in total. The molecule has 0 unspecified atom stereocenters. The molecule has 3 nitrogen and oxygen atoms in total. The number of rotatable bonds is 6. The van der Waals surface area contributed by atoms with Gasteiger partial charge in [0, 0.05) is 23.7 Å². The molecule has 0 spiro atoms. The second-order valence-electron chi connectivity index (χ2n) is 4.34. The summed E-state index contributed by atoms with van der Waals surface area (Å²) in [6.07, 6.45) is 4.72. The predicted octanol–water partition coefficient (Wildman–Crippen LogP) is 3.76. The Morgan fingerprint density at radius 1 is 1.25 bits per heavy atom. The molecule has 1 heterocycles. The van der Waals surface area contributed by atoms with E-state index in [1.54, 1.807) is 24.2 Å². The second-order valence-corrected chi connectivity index (χ2v) is 5.64. The minimum absolute atomic E-state index is 0.0398. The van der Waals surface area contributed by atoms with Gasteiger partial charge in [0.05, 0.1) is 5.69 Å². The lowest BCUT2D eigenvalue weighted by Gasteiger charge is -2.09. The van der Waals surface area contributed by atoms with Gasteiger partial charge in [-0.25, -0.2) is 0 Å². The van der Waals surface area contributed by atoms with Crippen molar-refractivity contribution in [2.24, 2.45) is 0 Å². The number of hydrogen-bond donors (Lipinski definition) is 1. The van der Waals surface area contributed by atoms with E-state index in [0.29, 0.717) is 12.8 Å². The molecule has 0 saturated carbocycles. The van der Waals surface area contributed by atoms with Crippen molar-refractivity contribution < 1.29 is 4.79 Å². The van der Waals surface area contributed by atoms with Gasteiger partial charge >= 0.3 is 0 Å². The molecule has 2 rings (SSSR count). The summed E-state index contributed by atoms with van der Waals surface area (Å²) in [5.41, 5.74) is 1.98. The van der Waals surface area contributed by atoms with Crippen molar-refractivity contribution in [3.63, 3.8) is 0 Å². The Morgan fingerprint density at radius 3 is 2.85 bits per heavy atom. The topological polar surface area (TPSA) is 42.0 Å². The third-order valence-electron chi connectivity index (χ3n) is 2.82. The van der Waals surface area contributed by atoms with Crippen molar-refractivity contribution in [2.75, 3.05) is 11.1 Å². The van der Waals surface area contributed by atoms with Crippen LogP contribution in [0.5, 0.6) is 0 Å². The maximum absolute atomic E-state index is 12.0. The lowest BCUT2D eigenvalue weighted by atomic mass is 10.1. The zero-order valence-corrected chi connectivity index (χ0v) is 12.3. The maximum Gasteiger partial charge on any atom is 0.224 e. The zero-order valence-electron chi connectivity index (χ0n) is 11.5. The van der Waals surface area contributed by atoms with Crippen LogP contribution in [-0.2, 0) is 11.2 Å². The summed E-state index contributed by atoms with van der Waals surface area (Å²) in [6, 6.07) is 11.8. The Hall–Kier alpha value is -1.81. The molecule has 1 aromatic heterocycles. The highest BCUT2D eigenvalue weighted by atomic mass is 32.2. The Balaban J connectivity index is 1.91. The first-order valence-corrected chi connectivity index (χ1v) is 7.68. The number of hydrogen-bond acceptors (Lipinski definition) is 3. The molecule has 0 aliphatic rings. The predicted molar refractivity (Wildman–Crippen MR) is 84.0 cm³/mol. The van der Waals surface area contributed by atoms with Gasteiger partial charge in [-0.3, -0.25) is 9.78 Å². The number of nitrogens with one attached hydrogen (secondary N) is 1. The molecular formula is C16H18N2OS. The van der Waals surface area contributed by atoms with E-state index in [4.69, 9.17) is 0 Å². The van der Waals surface area contributed by atoms with E-state index in [1.807, 2.05) is 36.4 Å². The third-order valence-corrected chi connectivity index (χ3v) is 3.78. The number of aromatic nitrogens is 1. The number of thioether (sulfide) groups is 1. The van der Waals surface area contributed by atoms with Crippen LogP contribution in [0.3, 0.4) is 0 Å². The average Bonchev–Trinajstić information content (AvgIpc) is 2.49. The van der Waals surface area contributed by atoms with Crippen molar-refractivity contribution >= 4 is 23.4 Å². The zero-order chi connectivity index (χ0) is 14.2. The van der Waals surface area contributed by atoms with Gasteiger partial charge in [0.1, 0.15) is 0 Å². The van der Waals surface area contributed by atoms with Crippen LogP contribution in [0.25, 0.3) is 0 Å². The van der Waals surface area contributed by atoms with Crippen molar-refractivity contribution in [1.82, 2.24) is 4.98 Å². The lowest BCUT2D eigenvalue weighted by Crippen LogP contribution is -2.13. The van der Waals surface area contributed by atoms with Crippen molar-refractivity contribution in [3.8, 4) is 0 Å². The van der Waals surface area contributed by atoms with E-state index in [9.17, 15) is 4.79 Å². The van der Waals surface area contributed by atoms with Crippen LogP contribution in [-0.4, -0.2) is 16.6 Å². The molecule has 0 saturated heterocycles. The van der Waals surface area contributed by atoms with E-state index in [-0.39, 0.29) is 5.91 Å². The molecule has 2 aromatic rings. The summed E-state index contributed by atoms with van der Waals surface area (Å²) in [5.74, 6) is 1.03. The van der Waals surface area contributed by atoms with Crippen LogP contribution in [0.4, 0.5) is 5.69 Å². The normalized spacial score (nSPS) is 10.2. The van der Waals surface area contributed by atoms with Crippen molar-refractivity contribution in [1.29, 1.82) is 0 Å². The number of aryl methyl sites for hydroxylation is 1. The SMILES string of the molecule is CCSc1ccccc1NC(=O)CCc1cccnc1. The molecular weight excluding hydrogens is 268 g/mol. The van der Waals surface area contributed by atoms with Crippen LogP contribution in [0.15, 0.2) is 53.7 Å². The van der Waals surface area contributed by atoms with Gasteiger partial charge in [0.2, 0.25) is 5.91 Å². The number of para-hydroxylation sites is 1. The second kappa shape index (κ2) is 7.70. The molecule has 0 bridgehead atoms. The molecule has 4 heteroatoms. The standard InChI is InChI=1S/C16H18N2OS/c1-2-20-15-8-4-3-7-14(15)18-16(19)10-9-13-6-5-11-17-12-13/h3-8,11-12H,2,9-10H2,1H3,(H,18,19). The highest BCUT2D eigenvalue weighted by Gasteiger charge is 2.06. The van der Waals surface area contributed by atoms with Crippen LogP contribution in [0.2, 0.25) is 0 Å². The summed E-state index contributed by atoms with van der Waals surface area (Å²) in [4.78, 5) is 17.2. The Labute approximate surface area is 123 Å². The van der Waals surface area contributed by atoms with Crippen LogP contribution in [0.1, 0.15) is 18.9 Å². The molecule has 0 radical (unpaired) electrons. The largest absolute Gasteiger partial charge is 0.325 e. The van der Waals surface area contributed by atoms with Crippen LogP contribution >= 0.6 is 11.8 Å². The smallest absolute Gasteiger partial charge is 0.224 e. The fourth-order valence-electron chi connectivity index (χ4n) is 1.87. The van der Waals surface area contributed by atoms with Gasteiger partial charge in [0.25, 0.3) is 0 Å². The number of anilines is 1. The van der Waals surface area contributed by atoms with E-state index in [0.717, 1.165) is 21.9 Å². The fraction of sp³-hybridized carbons (Fsp3) is 0.250. The van der Waals surface area contributed by atoms with Gasteiger partial charge in [-0.15, -0.1) is 11.8 Å². The Morgan fingerprint density at radius 2 is 2.10 bits per heavy atom. The molecule has 0 atom stereocenters. The number of carbonyl (C=O) groups is 1. The molecule has 1 aromatic carbocycles. The quantitative estimate of drug-likeness (QED) is 0.822. The van der Waals surface area contributed by atoms with Gasteiger partial charge < -0.3 is 5.32 Å². The number of nitrogens with zero attached hydrogens (tertiary/aromatic N) is 1. The third kappa shape index (κ3) is 4.38. The Bertz CT molecular complexity index is 557. The molecule has 20 heavy (non-hydrogen) atoms. The number of amides is 1. The lowest BCUT2D eigenvalue weighted by molar-refractivity contribution is -0.116. The monoisotopic (exact) mass is 286 g/mol. The van der Waals surface area contributed by atoms with E-state index >= 15 is 0 Å². The minimum Gasteiger partial charge on any atom is -0.325 e. The first kappa shape index (κ1) is 14.6.